The Labute approximate surface area is 115 Å². The van der Waals surface area contributed by atoms with E-state index in [0.29, 0.717) is 0 Å². The summed E-state index contributed by atoms with van der Waals surface area (Å²) >= 11 is 0. The van der Waals surface area contributed by atoms with Crippen LogP contribution < -0.4 is 15.9 Å². The van der Waals surface area contributed by atoms with Gasteiger partial charge in [-0.05, 0) is 23.8 Å². The Kier molecular flexibility index (Phi) is 3.72. The topological polar surface area (TPSA) is 0 Å². The first-order chi connectivity index (χ1) is 9.45. The van der Waals surface area contributed by atoms with Gasteiger partial charge >= 0.3 is 0 Å². The minimum absolute atomic E-state index is 0.446. The molecule has 0 radical (unpaired) electrons. The van der Waals surface area contributed by atoms with Crippen LogP contribution in [0.1, 0.15) is 0 Å². The van der Waals surface area contributed by atoms with Gasteiger partial charge in [-0.15, -0.1) is 0 Å². The van der Waals surface area contributed by atoms with E-state index < -0.39 is 7.92 Å². The molecule has 0 saturated heterocycles. The van der Waals surface area contributed by atoms with Gasteiger partial charge in [0.05, 0.1) is 0 Å². The summed E-state index contributed by atoms with van der Waals surface area (Å²) in [6, 6.07) is 32.3. The van der Waals surface area contributed by atoms with E-state index in [9.17, 15) is 0 Å². The van der Waals surface area contributed by atoms with Crippen LogP contribution in [0.3, 0.4) is 0 Å². The van der Waals surface area contributed by atoms with Crippen LogP contribution in [0.4, 0.5) is 0 Å². The van der Waals surface area contributed by atoms with Crippen molar-refractivity contribution in [2.45, 2.75) is 0 Å². The zero-order chi connectivity index (χ0) is 12.9. The third-order valence-corrected chi connectivity index (χ3v) is 5.49. The molecule has 3 rings (SSSR count). The van der Waals surface area contributed by atoms with Gasteiger partial charge in [-0.3, -0.25) is 0 Å². The lowest BCUT2D eigenvalue weighted by molar-refractivity contribution is 1.74. The summed E-state index contributed by atoms with van der Waals surface area (Å²) in [5, 5.41) is 4.19. The van der Waals surface area contributed by atoms with Crippen molar-refractivity contribution < 1.29 is 0 Å². The van der Waals surface area contributed by atoms with Crippen LogP contribution in [0.25, 0.3) is 0 Å². The van der Waals surface area contributed by atoms with E-state index >= 15 is 0 Å². The molecule has 0 aliphatic rings. The van der Waals surface area contributed by atoms with Crippen molar-refractivity contribution in [3.05, 3.63) is 91.0 Å². The molecule has 0 bridgehead atoms. The van der Waals surface area contributed by atoms with Gasteiger partial charge in [0.15, 0.2) is 0 Å². The maximum absolute atomic E-state index is 2.23. The van der Waals surface area contributed by atoms with Gasteiger partial charge in [0, 0.05) is 0 Å². The lowest BCUT2D eigenvalue weighted by Gasteiger charge is -2.18. The van der Waals surface area contributed by atoms with E-state index in [1.54, 1.807) is 0 Å². The number of hydrogen-bond donors (Lipinski definition) is 0. The zero-order valence-electron chi connectivity index (χ0n) is 10.6. The first-order valence-corrected chi connectivity index (χ1v) is 7.74. The predicted molar refractivity (Wildman–Crippen MR) is 85.1 cm³/mol. The molecule has 19 heavy (non-hydrogen) atoms. The molecule has 3 aromatic rings. The number of benzene rings is 3. The van der Waals surface area contributed by atoms with Crippen LogP contribution >= 0.6 is 7.92 Å². The highest BCUT2D eigenvalue weighted by Gasteiger charge is 2.14. The fourth-order valence-corrected chi connectivity index (χ4v) is 4.48. The smallest absolute Gasteiger partial charge is 0.0134 e. The molecule has 3 aromatic carbocycles. The molecule has 0 nitrogen and oxygen atoms in total. The minimum Gasteiger partial charge on any atom is -0.0622 e. The third kappa shape index (κ3) is 2.75. The number of rotatable bonds is 3. The van der Waals surface area contributed by atoms with E-state index in [2.05, 4.69) is 91.0 Å². The van der Waals surface area contributed by atoms with Gasteiger partial charge in [0.2, 0.25) is 0 Å². The maximum atomic E-state index is 2.23. The van der Waals surface area contributed by atoms with Crippen LogP contribution in [0, 0.1) is 0 Å². The molecular weight excluding hydrogens is 239 g/mol. The first-order valence-electron chi connectivity index (χ1n) is 6.40. The van der Waals surface area contributed by atoms with Crippen molar-refractivity contribution in [1.29, 1.82) is 0 Å². The third-order valence-electron chi connectivity index (χ3n) is 3.04. The quantitative estimate of drug-likeness (QED) is 0.628. The summed E-state index contributed by atoms with van der Waals surface area (Å²) < 4.78 is 0. The van der Waals surface area contributed by atoms with E-state index in [0.717, 1.165) is 0 Å². The van der Waals surface area contributed by atoms with Crippen molar-refractivity contribution >= 4 is 23.8 Å². The molecule has 0 amide bonds. The second kappa shape index (κ2) is 5.82. The molecule has 0 heterocycles. The zero-order valence-corrected chi connectivity index (χ0v) is 11.5. The molecule has 0 spiro atoms. The summed E-state index contributed by atoms with van der Waals surface area (Å²) in [6.07, 6.45) is 0. The molecule has 0 aliphatic heterocycles. The van der Waals surface area contributed by atoms with Crippen molar-refractivity contribution in [2.24, 2.45) is 0 Å². The second-order valence-electron chi connectivity index (χ2n) is 4.34. The molecule has 0 N–H and O–H groups in total. The summed E-state index contributed by atoms with van der Waals surface area (Å²) in [6.45, 7) is 0. The van der Waals surface area contributed by atoms with E-state index in [1.165, 1.54) is 15.9 Å². The molecule has 0 fully saturated rings. The highest BCUT2D eigenvalue weighted by atomic mass is 23.3. The molecule has 1 heteroatoms. The summed E-state index contributed by atoms with van der Waals surface area (Å²) in [7, 11) is -0.446. The standard InChI is InChI=1S/C18H15P/c1-4-10-16(11-5-1)19(17-12-6-2-7-13-17)18-14-8-3-9-15-18/h1-15H/i19-8. The van der Waals surface area contributed by atoms with Crippen molar-refractivity contribution in [3.8, 4) is 0 Å². The Hall–Kier alpha value is -1.91. The molecule has 0 saturated carbocycles. The largest absolute Gasteiger partial charge is 0.0622 e. The lowest BCUT2D eigenvalue weighted by Crippen LogP contribution is -2.20. The van der Waals surface area contributed by atoms with Crippen molar-refractivity contribution in [3.63, 3.8) is 0 Å². The molecule has 0 aliphatic carbocycles. The van der Waals surface area contributed by atoms with Crippen LogP contribution in [-0.2, 0) is 0 Å². The predicted octanol–water partition coefficient (Wildman–Crippen LogP) is 3.44. The highest BCUT2D eigenvalue weighted by molar-refractivity contribution is 7.79. The normalized spacial score (nSPS) is 10.6. The molecule has 92 valence electrons. The van der Waals surface area contributed by atoms with Crippen LogP contribution in [0.2, 0.25) is 0 Å². The Morgan fingerprint density at radius 2 is 0.632 bits per heavy atom. The van der Waals surface area contributed by atoms with Gasteiger partial charge in [0.1, 0.15) is 0 Å². The maximum Gasteiger partial charge on any atom is -0.0134 e. The Bertz CT molecular complexity index is 524. The van der Waals surface area contributed by atoms with Gasteiger partial charge in [-0.25, -0.2) is 0 Å². The average Bonchev–Trinajstić information content (AvgIpc) is 2.51. The molecule has 0 unspecified atom stereocenters. The average molecular weight is 254 g/mol. The Morgan fingerprint density at radius 1 is 0.368 bits per heavy atom. The molecular formula is C18H15P. The minimum atomic E-state index is -0.446. The Balaban J connectivity index is 2.12. The fraction of sp³-hybridized carbons (Fsp3) is 0. The Morgan fingerprint density at radius 3 is 0.895 bits per heavy atom. The lowest BCUT2D eigenvalue weighted by atomic mass is 10.3. The SMILES string of the molecule is c1ccc([23P](c2ccccc2)c2ccccc2)cc1. The molecule has 0 aromatic heterocycles. The van der Waals surface area contributed by atoms with E-state index in [1.807, 2.05) is 0 Å². The van der Waals surface area contributed by atoms with Crippen molar-refractivity contribution in [1.82, 2.24) is 0 Å². The number of hydrogen-bond acceptors (Lipinski definition) is 0. The van der Waals surface area contributed by atoms with E-state index in [-0.39, 0.29) is 0 Å². The summed E-state index contributed by atoms with van der Waals surface area (Å²) in [4.78, 5) is 0. The second-order valence-corrected chi connectivity index (χ2v) is 6.56. The summed E-state index contributed by atoms with van der Waals surface area (Å²) in [5.41, 5.74) is 0. The summed E-state index contributed by atoms with van der Waals surface area (Å²) in [5.74, 6) is 0. The van der Waals surface area contributed by atoms with Crippen LogP contribution in [0.5, 0.6) is 0 Å². The first kappa shape index (κ1) is 12.1. The van der Waals surface area contributed by atoms with Crippen LogP contribution in [-0.4, -0.2) is 0 Å². The monoisotopic (exact) mass is 254 g/mol. The molecule has 0 atom stereocenters. The van der Waals surface area contributed by atoms with Gasteiger partial charge < -0.3 is 0 Å². The van der Waals surface area contributed by atoms with Gasteiger partial charge in [-0.1, -0.05) is 91.0 Å². The highest BCUT2D eigenvalue weighted by Crippen LogP contribution is 2.32. The van der Waals surface area contributed by atoms with Gasteiger partial charge in [-0.2, -0.15) is 0 Å². The van der Waals surface area contributed by atoms with Gasteiger partial charge in [0.25, 0.3) is 0 Å². The van der Waals surface area contributed by atoms with Crippen LogP contribution in [0.15, 0.2) is 91.0 Å². The fourth-order valence-electron chi connectivity index (χ4n) is 2.18. The van der Waals surface area contributed by atoms with Crippen molar-refractivity contribution in [2.75, 3.05) is 0 Å². The van der Waals surface area contributed by atoms with E-state index in [4.69, 9.17) is 0 Å².